The van der Waals surface area contributed by atoms with Gasteiger partial charge >= 0.3 is 0 Å². The summed E-state index contributed by atoms with van der Waals surface area (Å²) in [6.07, 6.45) is -0.532. The van der Waals surface area contributed by atoms with E-state index in [1.54, 1.807) is 24.3 Å². The molecule has 2 N–H and O–H groups in total. The van der Waals surface area contributed by atoms with Gasteiger partial charge in [-0.1, -0.05) is 26.0 Å². The highest BCUT2D eigenvalue weighted by Crippen LogP contribution is 2.21. The molecule has 1 heterocycles. The third-order valence-electron chi connectivity index (χ3n) is 5.05. The number of anilines is 1. The summed E-state index contributed by atoms with van der Waals surface area (Å²) in [5.74, 6) is 1.42. The van der Waals surface area contributed by atoms with Crippen LogP contribution in [0.2, 0.25) is 0 Å². The van der Waals surface area contributed by atoms with Crippen molar-refractivity contribution in [3.8, 4) is 11.5 Å². The second-order valence-electron chi connectivity index (χ2n) is 7.49. The Morgan fingerprint density at radius 1 is 0.926 bits per heavy atom. The molecular formula is C22H30N2O3. The number of benzene rings is 2. The van der Waals surface area contributed by atoms with Crippen LogP contribution >= 0.6 is 0 Å². The summed E-state index contributed by atoms with van der Waals surface area (Å²) >= 11 is 0. The fourth-order valence-corrected chi connectivity index (χ4v) is 3.34. The maximum absolute atomic E-state index is 10.3. The molecule has 0 radical (unpaired) electrons. The Balaban J connectivity index is 1.41. The predicted molar refractivity (Wildman–Crippen MR) is 109 cm³/mol. The van der Waals surface area contributed by atoms with Crippen LogP contribution in [0.25, 0.3) is 0 Å². The number of β-amino-alcohol motifs (C(OH)–C–C–N with tert-alkyl or cyclic N) is 1. The zero-order valence-corrected chi connectivity index (χ0v) is 16.2. The van der Waals surface area contributed by atoms with E-state index < -0.39 is 6.10 Å². The lowest BCUT2D eigenvalue weighted by Crippen LogP contribution is -2.49. The Morgan fingerprint density at radius 3 is 2.15 bits per heavy atom. The SMILES string of the molecule is CC(C)c1ccc(N2CCN(C[C@H](O)COc3ccc(O)cc3)CC2)cc1. The van der Waals surface area contributed by atoms with Crippen molar-refractivity contribution in [2.24, 2.45) is 0 Å². The standard InChI is InChI=1S/C22H30N2O3/c1-17(2)18-3-5-19(6-4-18)24-13-11-23(12-14-24)15-21(26)16-27-22-9-7-20(25)8-10-22/h3-10,17,21,25-26H,11-16H2,1-2H3/t21-/m0/s1. The average Bonchev–Trinajstić information content (AvgIpc) is 2.68. The van der Waals surface area contributed by atoms with Crippen LogP contribution in [-0.2, 0) is 0 Å². The maximum Gasteiger partial charge on any atom is 0.119 e. The largest absolute Gasteiger partial charge is 0.508 e. The number of rotatable bonds is 7. The highest BCUT2D eigenvalue weighted by atomic mass is 16.5. The number of piperazine rings is 1. The van der Waals surface area contributed by atoms with E-state index in [1.165, 1.54) is 11.3 Å². The maximum atomic E-state index is 10.3. The lowest BCUT2D eigenvalue weighted by molar-refractivity contribution is 0.0663. The number of phenols is 1. The first-order valence-electron chi connectivity index (χ1n) is 9.68. The molecule has 5 nitrogen and oxygen atoms in total. The summed E-state index contributed by atoms with van der Waals surface area (Å²) in [7, 11) is 0. The lowest BCUT2D eigenvalue weighted by Gasteiger charge is -2.37. The minimum Gasteiger partial charge on any atom is -0.508 e. The smallest absolute Gasteiger partial charge is 0.119 e. The minimum absolute atomic E-state index is 0.208. The third kappa shape index (κ3) is 5.62. The summed E-state index contributed by atoms with van der Waals surface area (Å²) in [5.41, 5.74) is 2.64. The summed E-state index contributed by atoms with van der Waals surface area (Å²) < 4.78 is 5.59. The van der Waals surface area contributed by atoms with E-state index in [0.29, 0.717) is 18.2 Å². The Labute approximate surface area is 161 Å². The summed E-state index contributed by atoms with van der Waals surface area (Å²) in [6.45, 7) is 9.08. The normalized spacial score (nSPS) is 16.5. The number of hydrogen-bond donors (Lipinski definition) is 2. The zero-order valence-electron chi connectivity index (χ0n) is 16.2. The highest BCUT2D eigenvalue weighted by Gasteiger charge is 2.20. The fourth-order valence-electron chi connectivity index (χ4n) is 3.34. The van der Waals surface area contributed by atoms with Gasteiger partial charge in [0, 0.05) is 38.4 Å². The quantitative estimate of drug-likeness (QED) is 0.784. The second kappa shape index (κ2) is 9.11. The molecule has 0 unspecified atom stereocenters. The fraction of sp³-hybridized carbons (Fsp3) is 0.455. The van der Waals surface area contributed by atoms with Crippen molar-refractivity contribution in [2.75, 3.05) is 44.2 Å². The molecule has 0 saturated carbocycles. The Morgan fingerprint density at radius 2 is 1.56 bits per heavy atom. The summed E-state index contributed by atoms with van der Waals surface area (Å²) in [6, 6.07) is 15.4. The van der Waals surface area contributed by atoms with Crippen molar-refractivity contribution in [3.63, 3.8) is 0 Å². The third-order valence-corrected chi connectivity index (χ3v) is 5.05. The van der Waals surface area contributed by atoms with Crippen molar-refractivity contribution in [1.29, 1.82) is 0 Å². The molecule has 27 heavy (non-hydrogen) atoms. The van der Waals surface area contributed by atoms with E-state index in [0.717, 1.165) is 26.2 Å². The highest BCUT2D eigenvalue weighted by molar-refractivity contribution is 5.48. The Bertz CT molecular complexity index is 693. The van der Waals surface area contributed by atoms with Crippen LogP contribution in [0.1, 0.15) is 25.3 Å². The molecule has 1 saturated heterocycles. The number of aromatic hydroxyl groups is 1. The van der Waals surface area contributed by atoms with Crippen molar-refractivity contribution < 1.29 is 14.9 Å². The molecule has 0 bridgehead atoms. The van der Waals surface area contributed by atoms with Gasteiger partial charge in [-0.15, -0.1) is 0 Å². The molecule has 146 valence electrons. The van der Waals surface area contributed by atoms with Gasteiger partial charge < -0.3 is 19.8 Å². The molecule has 0 aromatic heterocycles. The lowest BCUT2D eigenvalue weighted by atomic mass is 10.0. The van der Waals surface area contributed by atoms with Gasteiger partial charge in [0.2, 0.25) is 0 Å². The van der Waals surface area contributed by atoms with E-state index in [1.807, 2.05) is 0 Å². The van der Waals surface area contributed by atoms with Crippen LogP contribution in [0, 0.1) is 0 Å². The van der Waals surface area contributed by atoms with Gasteiger partial charge in [-0.2, -0.15) is 0 Å². The van der Waals surface area contributed by atoms with Crippen LogP contribution in [0.5, 0.6) is 11.5 Å². The molecule has 0 amide bonds. The Kier molecular flexibility index (Phi) is 6.58. The molecule has 0 spiro atoms. The molecule has 5 heteroatoms. The van der Waals surface area contributed by atoms with Crippen molar-refractivity contribution in [3.05, 3.63) is 54.1 Å². The van der Waals surface area contributed by atoms with Gasteiger partial charge in [0.1, 0.15) is 24.2 Å². The molecule has 2 aromatic rings. The van der Waals surface area contributed by atoms with E-state index in [-0.39, 0.29) is 12.4 Å². The van der Waals surface area contributed by atoms with Gasteiger partial charge in [0.25, 0.3) is 0 Å². The van der Waals surface area contributed by atoms with E-state index in [4.69, 9.17) is 4.74 Å². The molecular weight excluding hydrogens is 340 g/mol. The summed E-state index contributed by atoms with van der Waals surface area (Å²) in [4.78, 5) is 4.68. The van der Waals surface area contributed by atoms with Crippen LogP contribution in [0.15, 0.2) is 48.5 Å². The van der Waals surface area contributed by atoms with Gasteiger partial charge in [0.05, 0.1) is 0 Å². The second-order valence-corrected chi connectivity index (χ2v) is 7.49. The molecule has 3 rings (SSSR count). The van der Waals surface area contributed by atoms with Crippen molar-refractivity contribution in [1.82, 2.24) is 4.90 Å². The topological polar surface area (TPSA) is 56.2 Å². The van der Waals surface area contributed by atoms with Gasteiger partial charge in [0.15, 0.2) is 0 Å². The number of aliphatic hydroxyl groups is 1. The number of aliphatic hydroxyl groups excluding tert-OH is 1. The summed E-state index contributed by atoms with van der Waals surface area (Å²) in [5, 5.41) is 19.5. The molecule has 0 aliphatic carbocycles. The van der Waals surface area contributed by atoms with Crippen LogP contribution < -0.4 is 9.64 Å². The first-order chi connectivity index (χ1) is 13.0. The van der Waals surface area contributed by atoms with Crippen LogP contribution in [0.4, 0.5) is 5.69 Å². The molecule has 1 aliphatic rings. The van der Waals surface area contributed by atoms with Gasteiger partial charge in [-0.25, -0.2) is 0 Å². The molecule has 1 fully saturated rings. The number of hydrogen-bond acceptors (Lipinski definition) is 5. The molecule has 1 atom stereocenters. The number of phenolic OH excluding ortho intramolecular Hbond substituents is 1. The monoisotopic (exact) mass is 370 g/mol. The number of ether oxygens (including phenoxy) is 1. The minimum atomic E-state index is -0.532. The van der Waals surface area contributed by atoms with Crippen LogP contribution in [-0.4, -0.2) is 60.5 Å². The zero-order chi connectivity index (χ0) is 19.2. The van der Waals surface area contributed by atoms with Gasteiger partial charge in [-0.3, -0.25) is 4.90 Å². The van der Waals surface area contributed by atoms with Crippen molar-refractivity contribution in [2.45, 2.75) is 25.9 Å². The van der Waals surface area contributed by atoms with Crippen LogP contribution in [0.3, 0.4) is 0 Å². The molecule has 2 aromatic carbocycles. The van der Waals surface area contributed by atoms with Gasteiger partial charge in [-0.05, 0) is 47.9 Å². The first-order valence-corrected chi connectivity index (χ1v) is 9.68. The van der Waals surface area contributed by atoms with E-state index >= 15 is 0 Å². The Hall–Kier alpha value is -2.24. The predicted octanol–water partition coefficient (Wildman–Crippen LogP) is 3.08. The van der Waals surface area contributed by atoms with Crippen molar-refractivity contribution >= 4 is 5.69 Å². The van der Waals surface area contributed by atoms with E-state index in [2.05, 4.69) is 47.9 Å². The molecule has 1 aliphatic heterocycles. The van der Waals surface area contributed by atoms with E-state index in [9.17, 15) is 10.2 Å². The number of nitrogens with zero attached hydrogens (tertiary/aromatic N) is 2. The average molecular weight is 370 g/mol. The first kappa shape index (κ1) is 19.5.